The molecule has 0 aromatic carbocycles. The predicted molar refractivity (Wildman–Crippen MR) is 50.4 cm³/mol. The molecule has 0 bridgehead atoms. The van der Waals surface area contributed by atoms with Crippen molar-refractivity contribution in [3.8, 4) is 0 Å². The van der Waals surface area contributed by atoms with Crippen LogP contribution < -0.4 is 0 Å². The highest BCUT2D eigenvalue weighted by molar-refractivity contribution is 8.22. The Morgan fingerprint density at radius 2 is 2.00 bits per heavy atom. The molecule has 0 amide bonds. The van der Waals surface area contributed by atoms with Crippen molar-refractivity contribution in [2.45, 2.75) is 23.5 Å². The minimum absolute atomic E-state index is 0.173. The van der Waals surface area contributed by atoms with Crippen LogP contribution in [0.15, 0.2) is 10.8 Å². The van der Waals surface area contributed by atoms with E-state index < -0.39 is 0 Å². The molecular weight excluding hydrogens is 180 g/mol. The van der Waals surface area contributed by atoms with Crippen molar-refractivity contribution < 1.29 is 10.2 Å². The number of hydrogen-bond acceptors (Lipinski definition) is 4. The number of thioether (sulfide) groups is 2. The van der Waals surface area contributed by atoms with Crippen LogP contribution in [-0.4, -0.2) is 27.5 Å². The highest BCUT2D eigenvalue weighted by atomic mass is 32.2. The summed E-state index contributed by atoms with van der Waals surface area (Å²) in [6.45, 7) is 0.173. The van der Waals surface area contributed by atoms with E-state index in [1.54, 1.807) is 23.5 Å². The first-order valence-electron chi connectivity index (χ1n) is 3.59. The SMILES string of the molecule is OCCCC(O)C1SC=CS1. The van der Waals surface area contributed by atoms with Gasteiger partial charge in [0.25, 0.3) is 0 Å². The summed E-state index contributed by atoms with van der Waals surface area (Å²) in [6, 6.07) is 0. The Morgan fingerprint density at radius 1 is 1.36 bits per heavy atom. The number of rotatable bonds is 4. The largest absolute Gasteiger partial charge is 0.396 e. The molecule has 0 aromatic rings. The van der Waals surface area contributed by atoms with Crippen LogP contribution >= 0.6 is 23.5 Å². The van der Waals surface area contributed by atoms with Crippen LogP contribution in [0.1, 0.15) is 12.8 Å². The number of hydrogen-bond donors (Lipinski definition) is 2. The minimum atomic E-state index is -0.285. The molecule has 0 fully saturated rings. The molecule has 0 spiro atoms. The molecule has 1 rings (SSSR count). The zero-order valence-electron chi connectivity index (χ0n) is 6.14. The van der Waals surface area contributed by atoms with Gasteiger partial charge in [0.1, 0.15) is 0 Å². The van der Waals surface area contributed by atoms with E-state index in [0.29, 0.717) is 12.8 Å². The molecule has 0 radical (unpaired) electrons. The van der Waals surface area contributed by atoms with Crippen LogP contribution in [0.4, 0.5) is 0 Å². The maximum Gasteiger partial charge on any atom is 0.0843 e. The van der Waals surface area contributed by atoms with Crippen molar-refractivity contribution in [2.75, 3.05) is 6.61 Å². The molecular formula is C7H12O2S2. The maximum atomic E-state index is 9.49. The van der Waals surface area contributed by atoms with Gasteiger partial charge in [-0.15, -0.1) is 23.5 Å². The van der Waals surface area contributed by atoms with Crippen LogP contribution in [0.5, 0.6) is 0 Å². The standard InChI is InChI=1S/C7H12O2S2/c8-3-1-2-6(9)7-10-4-5-11-7/h4-9H,1-3H2. The topological polar surface area (TPSA) is 40.5 Å². The van der Waals surface area contributed by atoms with Gasteiger partial charge in [-0.2, -0.15) is 0 Å². The molecule has 0 aliphatic carbocycles. The van der Waals surface area contributed by atoms with Crippen molar-refractivity contribution in [3.05, 3.63) is 10.8 Å². The van der Waals surface area contributed by atoms with Gasteiger partial charge < -0.3 is 10.2 Å². The van der Waals surface area contributed by atoms with Gasteiger partial charge in [-0.3, -0.25) is 0 Å². The summed E-state index contributed by atoms with van der Waals surface area (Å²) in [5.41, 5.74) is 0. The first kappa shape index (κ1) is 9.45. The lowest BCUT2D eigenvalue weighted by molar-refractivity contribution is 0.165. The molecule has 1 heterocycles. The highest BCUT2D eigenvalue weighted by Gasteiger charge is 2.20. The monoisotopic (exact) mass is 192 g/mol. The summed E-state index contributed by atoms with van der Waals surface area (Å²) in [6.07, 6.45) is 1.11. The molecule has 64 valence electrons. The van der Waals surface area contributed by atoms with Crippen LogP contribution in [-0.2, 0) is 0 Å². The second-order valence-corrected chi connectivity index (χ2v) is 4.75. The molecule has 1 aliphatic heterocycles. The van der Waals surface area contributed by atoms with Gasteiger partial charge in [0.2, 0.25) is 0 Å². The third kappa shape index (κ3) is 3.07. The lowest BCUT2D eigenvalue weighted by Gasteiger charge is -2.14. The van der Waals surface area contributed by atoms with E-state index in [9.17, 15) is 5.11 Å². The Bertz CT molecular complexity index is 130. The fourth-order valence-electron chi connectivity index (χ4n) is 0.869. The summed E-state index contributed by atoms with van der Waals surface area (Å²) in [5, 5.41) is 22.0. The summed E-state index contributed by atoms with van der Waals surface area (Å²) in [5.74, 6) is 0. The van der Waals surface area contributed by atoms with Gasteiger partial charge in [0.05, 0.1) is 10.7 Å². The lowest BCUT2D eigenvalue weighted by atomic mass is 10.2. The molecule has 2 nitrogen and oxygen atoms in total. The molecule has 4 heteroatoms. The van der Waals surface area contributed by atoms with E-state index in [4.69, 9.17) is 5.11 Å². The van der Waals surface area contributed by atoms with Gasteiger partial charge in [0, 0.05) is 6.61 Å². The Labute approximate surface area is 75.1 Å². The van der Waals surface area contributed by atoms with E-state index in [2.05, 4.69) is 0 Å². The second kappa shape index (κ2) is 5.09. The van der Waals surface area contributed by atoms with Gasteiger partial charge in [-0.05, 0) is 23.7 Å². The third-order valence-electron chi connectivity index (χ3n) is 1.45. The van der Waals surface area contributed by atoms with Crippen molar-refractivity contribution >= 4 is 23.5 Å². The average Bonchev–Trinajstić information content (AvgIpc) is 2.52. The summed E-state index contributed by atoms with van der Waals surface area (Å²) < 4.78 is 0.251. The summed E-state index contributed by atoms with van der Waals surface area (Å²) in [4.78, 5) is 0. The van der Waals surface area contributed by atoms with Crippen molar-refractivity contribution in [2.24, 2.45) is 0 Å². The van der Waals surface area contributed by atoms with E-state index in [0.717, 1.165) is 0 Å². The lowest BCUT2D eigenvalue weighted by Crippen LogP contribution is -2.18. The quantitative estimate of drug-likeness (QED) is 0.706. The minimum Gasteiger partial charge on any atom is -0.396 e. The van der Waals surface area contributed by atoms with E-state index in [1.807, 2.05) is 10.8 Å². The number of aliphatic hydroxyl groups is 2. The van der Waals surface area contributed by atoms with Crippen LogP contribution in [0.3, 0.4) is 0 Å². The first-order chi connectivity index (χ1) is 5.34. The third-order valence-corrected chi connectivity index (χ3v) is 4.04. The molecule has 2 N–H and O–H groups in total. The van der Waals surface area contributed by atoms with Crippen LogP contribution in [0.25, 0.3) is 0 Å². The molecule has 1 unspecified atom stereocenters. The second-order valence-electron chi connectivity index (χ2n) is 2.35. The zero-order valence-corrected chi connectivity index (χ0v) is 7.77. The van der Waals surface area contributed by atoms with Gasteiger partial charge in [-0.25, -0.2) is 0 Å². The molecule has 1 aliphatic rings. The molecule has 0 saturated carbocycles. The number of aliphatic hydroxyl groups excluding tert-OH is 2. The summed E-state index contributed by atoms with van der Waals surface area (Å²) >= 11 is 3.30. The van der Waals surface area contributed by atoms with Crippen LogP contribution in [0.2, 0.25) is 0 Å². The highest BCUT2D eigenvalue weighted by Crippen LogP contribution is 2.36. The predicted octanol–water partition coefficient (Wildman–Crippen LogP) is 1.40. The van der Waals surface area contributed by atoms with Gasteiger partial charge >= 0.3 is 0 Å². The first-order valence-corrected chi connectivity index (χ1v) is 5.48. The van der Waals surface area contributed by atoms with E-state index >= 15 is 0 Å². The Kier molecular flexibility index (Phi) is 4.37. The van der Waals surface area contributed by atoms with E-state index in [-0.39, 0.29) is 17.3 Å². The Morgan fingerprint density at radius 3 is 2.55 bits per heavy atom. The fourth-order valence-corrected chi connectivity index (χ4v) is 2.97. The molecule has 1 atom stereocenters. The average molecular weight is 192 g/mol. The van der Waals surface area contributed by atoms with Crippen molar-refractivity contribution in [3.63, 3.8) is 0 Å². The summed E-state index contributed by atoms with van der Waals surface area (Å²) in [7, 11) is 0. The normalized spacial score (nSPS) is 20.9. The Balaban J connectivity index is 2.13. The Hall–Kier alpha value is 0.360. The fraction of sp³-hybridized carbons (Fsp3) is 0.714. The smallest absolute Gasteiger partial charge is 0.0843 e. The van der Waals surface area contributed by atoms with E-state index in [1.165, 1.54) is 0 Å². The van der Waals surface area contributed by atoms with Gasteiger partial charge in [-0.1, -0.05) is 0 Å². The molecule has 11 heavy (non-hydrogen) atoms. The van der Waals surface area contributed by atoms with Crippen molar-refractivity contribution in [1.29, 1.82) is 0 Å². The molecule has 0 aromatic heterocycles. The zero-order chi connectivity index (χ0) is 8.10. The molecule has 0 saturated heterocycles. The maximum absolute atomic E-state index is 9.49. The van der Waals surface area contributed by atoms with Crippen molar-refractivity contribution in [1.82, 2.24) is 0 Å². The van der Waals surface area contributed by atoms with Gasteiger partial charge in [0.15, 0.2) is 0 Å². The van der Waals surface area contributed by atoms with Crippen LogP contribution in [0, 0.1) is 0 Å².